The van der Waals surface area contributed by atoms with Gasteiger partial charge in [-0.3, -0.25) is 0 Å². The SMILES string of the molecule is Cc1ccc(Nc2ncnc(Nc3ccc(I)cc3)c2N)cc1C. The molecule has 1 aromatic heterocycles. The third-order valence-corrected chi connectivity index (χ3v) is 4.48. The molecule has 0 amide bonds. The highest BCUT2D eigenvalue weighted by Gasteiger charge is 2.09. The summed E-state index contributed by atoms with van der Waals surface area (Å²) in [5.41, 5.74) is 11.0. The van der Waals surface area contributed by atoms with E-state index in [1.165, 1.54) is 21.0 Å². The summed E-state index contributed by atoms with van der Waals surface area (Å²) in [4.78, 5) is 8.49. The number of benzene rings is 2. The minimum atomic E-state index is 0.481. The molecule has 24 heavy (non-hydrogen) atoms. The highest BCUT2D eigenvalue weighted by molar-refractivity contribution is 14.1. The lowest BCUT2D eigenvalue weighted by atomic mass is 10.1. The van der Waals surface area contributed by atoms with E-state index in [-0.39, 0.29) is 0 Å². The smallest absolute Gasteiger partial charge is 0.159 e. The standard InChI is InChI=1S/C18H18IN5/c1-11-3-6-15(9-12(11)2)24-18-16(20)17(21-10-22-18)23-14-7-4-13(19)5-8-14/h3-10H,20H2,1-2H3,(H2,21,22,23,24). The average molecular weight is 431 g/mol. The number of hydrogen-bond acceptors (Lipinski definition) is 5. The number of halogens is 1. The first kappa shape index (κ1) is 16.5. The maximum atomic E-state index is 6.23. The molecule has 6 heteroatoms. The summed E-state index contributed by atoms with van der Waals surface area (Å²) in [5, 5.41) is 6.48. The first-order valence-corrected chi connectivity index (χ1v) is 8.58. The largest absolute Gasteiger partial charge is 0.393 e. The predicted molar refractivity (Wildman–Crippen MR) is 108 cm³/mol. The minimum Gasteiger partial charge on any atom is -0.393 e. The molecule has 0 aliphatic heterocycles. The molecule has 3 aromatic rings. The quantitative estimate of drug-likeness (QED) is 0.519. The van der Waals surface area contributed by atoms with E-state index in [0.717, 1.165) is 11.4 Å². The Morgan fingerprint density at radius 1 is 0.833 bits per heavy atom. The predicted octanol–water partition coefficient (Wildman–Crippen LogP) is 4.77. The molecule has 0 bridgehead atoms. The molecule has 0 unspecified atom stereocenters. The molecule has 1 heterocycles. The van der Waals surface area contributed by atoms with Crippen LogP contribution in [0.2, 0.25) is 0 Å². The first-order valence-electron chi connectivity index (χ1n) is 7.50. The van der Waals surface area contributed by atoms with Gasteiger partial charge in [0, 0.05) is 14.9 Å². The van der Waals surface area contributed by atoms with Crippen molar-refractivity contribution in [1.82, 2.24) is 9.97 Å². The van der Waals surface area contributed by atoms with Crippen LogP contribution in [0.1, 0.15) is 11.1 Å². The lowest BCUT2D eigenvalue weighted by molar-refractivity contribution is 1.17. The van der Waals surface area contributed by atoms with Gasteiger partial charge in [-0.25, -0.2) is 9.97 Å². The Morgan fingerprint density at radius 2 is 1.42 bits per heavy atom. The molecule has 122 valence electrons. The van der Waals surface area contributed by atoms with Crippen LogP contribution in [0.5, 0.6) is 0 Å². The summed E-state index contributed by atoms with van der Waals surface area (Å²) < 4.78 is 1.17. The second-order valence-corrected chi connectivity index (χ2v) is 6.79. The van der Waals surface area contributed by atoms with E-state index in [9.17, 15) is 0 Å². The van der Waals surface area contributed by atoms with Crippen molar-refractivity contribution in [3.05, 3.63) is 63.5 Å². The monoisotopic (exact) mass is 431 g/mol. The van der Waals surface area contributed by atoms with Crippen LogP contribution < -0.4 is 16.4 Å². The normalized spacial score (nSPS) is 10.5. The molecule has 0 aliphatic rings. The Bertz CT molecular complexity index is 862. The van der Waals surface area contributed by atoms with Crippen LogP contribution in [-0.4, -0.2) is 9.97 Å². The van der Waals surface area contributed by atoms with E-state index in [0.29, 0.717) is 17.3 Å². The molecule has 0 atom stereocenters. The maximum Gasteiger partial charge on any atom is 0.159 e. The van der Waals surface area contributed by atoms with Crippen molar-refractivity contribution in [3.8, 4) is 0 Å². The number of aryl methyl sites for hydroxylation is 2. The van der Waals surface area contributed by atoms with Crippen LogP contribution in [0, 0.1) is 17.4 Å². The summed E-state index contributed by atoms with van der Waals surface area (Å²) in [6.07, 6.45) is 1.49. The molecule has 3 rings (SSSR count). The van der Waals surface area contributed by atoms with Crippen molar-refractivity contribution in [3.63, 3.8) is 0 Å². The van der Waals surface area contributed by atoms with Gasteiger partial charge < -0.3 is 16.4 Å². The molecule has 5 nitrogen and oxygen atoms in total. The zero-order valence-electron chi connectivity index (χ0n) is 13.5. The third-order valence-electron chi connectivity index (χ3n) is 3.76. The molecular formula is C18H18IN5. The van der Waals surface area contributed by atoms with Gasteiger partial charge in [0.05, 0.1) is 0 Å². The molecule has 0 saturated carbocycles. The van der Waals surface area contributed by atoms with Crippen LogP contribution in [0.15, 0.2) is 48.8 Å². The summed E-state index contributed by atoms with van der Waals surface area (Å²) >= 11 is 2.27. The van der Waals surface area contributed by atoms with E-state index in [1.54, 1.807) is 0 Å². The first-order chi connectivity index (χ1) is 11.5. The van der Waals surface area contributed by atoms with Gasteiger partial charge in [-0.2, -0.15) is 0 Å². The minimum absolute atomic E-state index is 0.481. The molecule has 4 N–H and O–H groups in total. The van der Waals surface area contributed by atoms with Crippen molar-refractivity contribution >= 4 is 51.3 Å². The molecule has 0 radical (unpaired) electrons. The molecule has 0 spiro atoms. The van der Waals surface area contributed by atoms with Crippen molar-refractivity contribution in [2.45, 2.75) is 13.8 Å². The fraction of sp³-hybridized carbons (Fsp3) is 0.111. The topological polar surface area (TPSA) is 75.9 Å². The number of aromatic nitrogens is 2. The van der Waals surface area contributed by atoms with Crippen molar-refractivity contribution in [2.24, 2.45) is 0 Å². The van der Waals surface area contributed by atoms with E-state index < -0.39 is 0 Å². The van der Waals surface area contributed by atoms with Gasteiger partial charge in [0.2, 0.25) is 0 Å². The number of anilines is 5. The van der Waals surface area contributed by atoms with Gasteiger partial charge in [-0.1, -0.05) is 6.07 Å². The summed E-state index contributed by atoms with van der Waals surface area (Å²) in [7, 11) is 0. The Labute approximate surface area is 154 Å². The zero-order chi connectivity index (χ0) is 17.1. The average Bonchev–Trinajstić information content (AvgIpc) is 2.57. The number of hydrogen-bond donors (Lipinski definition) is 3. The van der Waals surface area contributed by atoms with Crippen LogP contribution in [0.25, 0.3) is 0 Å². The number of nitrogen functional groups attached to an aromatic ring is 1. The second kappa shape index (κ2) is 7.04. The van der Waals surface area contributed by atoms with Gasteiger partial charge in [-0.05, 0) is 84.0 Å². The Hall–Kier alpha value is -2.35. The van der Waals surface area contributed by atoms with E-state index in [4.69, 9.17) is 5.73 Å². The summed E-state index contributed by atoms with van der Waals surface area (Å²) in [5.74, 6) is 1.17. The van der Waals surface area contributed by atoms with Gasteiger partial charge in [0.1, 0.15) is 12.0 Å². The molecule has 0 aliphatic carbocycles. The second-order valence-electron chi connectivity index (χ2n) is 5.54. The van der Waals surface area contributed by atoms with Crippen LogP contribution in [-0.2, 0) is 0 Å². The van der Waals surface area contributed by atoms with E-state index in [1.807, 2.05) is 30.3 Å². The Morgan fingerprint density at radius 3 is 2.04 bits per heavy atom. The van der Waals surface area contributed by atoms with E-state index in [2.05, 4.69) is 69.2 Å². The number of nitrogens with one attached hydrogen (secondary N) is 2. The molecular weight excluding hydrogens is 413 g/mol. The van der Waals surface area contributed by atoms with Gasteiger partial charge in [0.15, 0.2) is 11.6 Å². The van der Waals surface area contributed by atoms with Crippen molar-refractivity contribution < 1.29 is 0 Å². The Balaban J connectivity index is 1.84. The molecule has 2 aromatic carbocycles. The Kier molecular flexibility index (Phi) is 4.84. The van der Waals surface area contributed by atoms with Crippen molar-refractivity contribution in [2.75, 3.05) is 16.4 Å². The fourth-order valence-electron chi connectivity index (χ4n) is 2.22. The van der Waals surface area contributed by atoms with Gasteiger partial charge in [0.25, 0.3) is 0 Å². The lowest BCUT2D eigenvalue weighted by Crippen LogP contribution is -2.05. The third kappa shape index (κ3) is 3.76. The molecule has 0 fully saturated rings. The maximum absolute atomic E-state index is 6.23. The lowest BCUT2D eigenvalue weighted by Gasteiger charge is -2.13. The highest BCUT2D eigenvalue weighted by atomic mass is 127. The van der Waals surface area contributed by atoms with Gasteiger partial charge >= 0.3 is 0 Å². The summed E-state index contributed by atoms with van der Waals surface area (Å²) in [6, 6.07) is 14.2. The zero-order valence-corrected chi connectivity index (χ0v) is 15.6. The van der Waals surface area contributed by atoms with Crippen LogP contribution >= 0.6 is 22.6 Å². The number of nitrogens with two attached hydrogens (primary N) is 1. The summed E-state index contributed by atoms with van der Waals surface area (Å²) in [6.45, 7) is 4.16. The number of rotatable bonds is 4. The fourth-order valence-corrected chi connectivity index (χ4v) is 2.58. The number of nitrogens with zero attached hydrogens (tertiary/aromatic N) is 2. The highest BCUT2D eigenvalue weighted by Crippen LogP contribution is 2.28. The molecule has 0 saturated heterocycles. The van der Waals surface area contributed by atoms with Crippen LogP contribution in [0.4, 0.5) is 28.7 Å². The van der Waals surface area contributed by atoms with Crippen LogP contribution in [0.3, 0.4) is 0 Å². The van der Waals surface area contributed by atoms with Crippen molar-refractivity contribution in [1.29, 1.82) is 0 Å². The van der Waals surface area contributed by atoms with Gasteiger partial charge in [-0.15, -0.1) is 0 Å². The van der Waals surface area contributed by atoms with E-state index >= 15 is 0 Å².